The van der Waals surface area contributed by atoms with Crippen molar-refractivity contribution in [3.63, 3.8) is 0 Å². The Morgan fingerprint density at radius 1 is 1.17 bits per heavy atom. The number of rotatable bonds is 2. The number of hydrogen-bond donors (Lipinski definition) is 2. The van der Waals surface area contributed by atoms with Gasteiger partial charge < -0.3 is 10.3 Å². The van der Waals surface area contributed by atoms with Gasteiger partial charge in [-0.2, -0.15) is 0 Å². The van der Waals surface area contributed by atoms with Crippen LogP contribution in [0.15, 0.2) is 48.9 Å². The molecule has 24 heavy (non-hydrogen) atoms. The van der Waals surface area contributed by atoms with Crippen LogP contribution >= 0.6 is 0 Å². The van der Waals surface area contributed by atoms with Crippen molar-refractivity contribution in [1.82, 2.24) is 19.9 Å². The van der Waals surface area contributed by atoms with Crippen LogP contribution in [0.3, 0.4) is 0 Å². The van der Waals surface area contributed by atoms with Gasteiger partial charge in [-0.05, 0) is 30.8 Å². The predicted octanol–water partition coefficient (Wildman–Crippen LogP) is 2.67. The highest BCUT2D eigenvalue weighted by molar-refractivity contribution is 6.08. The largest absolute Gasteiger partial charge is 0.363 e. The zero-order chi connectivity index (χ0) is 16.5. The monoisotopic (exact) mass is 319 g/mol. The van der Waals surface area contributed by atoms with E-state index in [0.29, 0.717) is 11.4 Å². The van der Waals surface area contributed by atoms with Gasteiger partial charge in [0.25, 0.3) is 5.91 Å². The molecular formula is C18H17N5O. The van der Waals surface area contributed by atoms with E-state index in [1.165, 1.54) is 0 Å². The maximum atomic E-state index is 12.7. The predicted molar refractivity (Wildman–Crippen MR) is 91.4 cm³/mol. The second-order valence-electron chi connectivity index (χ2n) is 5.91. The first-order valence-corrected chi connectivity index (χ1v) is 7.78. The van der Waals surface area contributed by atoms with Crippen LogP contribution in [0.2, 0.25) is 0 Å². The lowest BCUT2D eigenvalue weighted by molar-refractivity contribution is 0.102. The number of hydrogen-bond acceptors (Lipinski definition) is 4. The van der Waals surface area contributed by atoms with Gasteiger partial charge in [-0.1, -0.05) is 12.1 Å². The number of aromatic nitrogens is 3. The molecule has 4 rings (SSSR count). The van der Waals surface area contributed by atoms with Crippen LogP contribution in [0, 0.1) is 0 Å². The summed E-state index contributed by atoms with van der Waals surface area (Å²) in [6.45, 7) is 1.54. The topological polar surface area (TPSA) is 73.9 Å². The van der Waals surface area contributed by atoms with E-state index in [4.69, 9.17) is 0 Å². The zero-order valence-corrected chi connectivity index (χ0v) is 13.3. The smallest absolute Gasteiger partial charge is 0.259 e. The van der Waals surface area contributed by atoms with Gasteiger partial charge >= 0.3 is 0 Å². The molecule has 0 saturated heterocycles. The van der Waals surface area contributed by atoms with Crippen LogP contribution in [0.5, 0.6) is 0 Å². The summed E-state index contributed by atoms with van der Waals surface area (Å²) < 4.78 is 0. The summed E-state index contributed by atoms with van der Waals surface area (Å²) in [5, 5.41) is 2.85. The van der Waals surface area contributed by atoms with Crippen molar-refractivity contribution in [3.8, 4) is 11.3 Å². The van der Waals surface area contributed by atoms with Crippen molar-refractivity contribution in [2.45, 2.75) is 13.1 Å². The number of carbonyl (C=O) groups excluding carboxylic acids is 1. The molecule has 1 aliphatic rings. The number of aromatic amines is 1. The van der Waals surface area contributed by atoms with Gasteiger partial charge in [-0.15, -0.1) is 0 Å². The lowest BCUT2D eigenvalue weighted by Gasteiger charge is -2.13. The first-order chi connectivity index (χ1) is 11.7. The van der Waals surface area contributed by atoms with Crippen molar-refractivity contribution >= 4 is 11.7 Å². The Labute approximate surface area is 139 Å². The molecule has 6 nitrogen and oxygen atoms in total. The first kappa shape index (κ1) is 14.6. The Bertz CT molecular complexity index is 887. The number of nitrogens with zero attached hydrogens (tertiary/aromatic N) is 3. The highest BCUT2D eigenvalue weighted by Crippen LogP contribution is 2.33. The molecular weight excluding hydrogens is 302 g/mol. The normalized spacial score (nSPS) is 13.7. The van der Waals surface area contributed by atoms with E-state index < -0.39 is 0 Å². The zero-order valence-electron chi connectivity index (χ0n) is 13.3. The van der Waals surface area contributed by atoms with Gasteiger partial charge in [0, 0.05) is 42.9 Å². The molecule has 0 spiro atoms. The van der Waals surface area contributed by atoms with Gasteiger partial charge in [0.05, 0.1) is 11.3 Å². The standard InChI is InChI=1S/C18H17N5O/c1-23-10-12-5-4-8-20-17(12)16-13(9-21-14(16)11-23)18(24)22-15-6-2-3-7-19-15/h2-9,21H,10-11H2,1H3,(H,19,22,24). The average Bonchev–Trinajstić information content (AvgIpc) is 2.93. The molecule has 0 bridgehead atoms. The fourth-order valence-electron chi connectivity index (χ4n) is 3.07. The molecule has 1 aliphatic heterocycles. The van der Waals surface area contributed by atoms with Crippen LogP contribution in [-0.2, 0) is 13.1 Å². The number of anilines is 1. The maximum absolute atomic E-state index is 12.7. The van der Waals surface area contributed by atoms with Crippen molar-refractivity contribution in [3.05, 3.63) is 65.7 Å². The molecule has 3 aromatic heterocycles. The SMILES string of the molecule is CN1Cc2cccnc2-c2c(C(=O)Nc3ccccn3)c[nH]c2C1. The van der Waals surface area contributed by atoms with Gasteiger partial charge in [-0.3, -0.25) is 14.7 Å². The molecule has 0 aromatic carbocycles. The molecule has 2 N–H and O–H groups in total. The fourth-order valence-corrected chi connectivity index (χ4v) is 3.07. The second-order valence-corrected chi connectivity index (χ2v) is 5.91. The molecule has 0 fully saturated rings. The molecule has 120 valence electrons. The quantitative estimate of drug-likeness (QED) is 0.761. The summed E-state index contributed by atoms with van der Waals surface area (Å²) in [5.41, 5.74) is 4.45. The van der Waals surface area contributed by atoms with E-state index in [2.05, 4.69) is 38.3 Å². The summed E-state index contributed by atoms with van der Waals surface area (Å²) in [7, 11) is 2.06. The van der Waals surface area contributed by atoms with Crippen LogP contribution in [0.4, 0.5) is 5.82 Å². The molecule has 3 aromatic rings. The third-order valence-corrected chi connectivity index (χ3v) is 4.11. The van der Waals surface area contributed by atoms with E-state index in [1.54, 1.807) is 24.7 Å². The first-order valence-electron chi connectivity index (χ1n) is 7.78. The van der Waals surface area contributed by atoms with Gasteiger partial charge in [0.1, 0.15) is 5.82 Å². The van der Waals surface area contributed by atoms with Crippen LogP contribution in [0.25, 0.3) is 11.3 Å². The lowest BCUT2D eigenvalue weighted by atomic mass is 10.0. The number of H-pyrrole nitrogens is 1. The third kappa shape index (κ3) is 2.57. The number of carbonyl (C=O) groups is 1. The van der Waals surface area contributed by atoms with Crippen molar-refractivity contribution in [2.24, 2.45) is 0 Å². The van der Waals surface area contributed by atoms with Gasteiger partial charge in [0.2, 0.25) is 0 Å². The molecule has 6 heteroatoms. The maximum Gasteiger partial charge on any atom is 0.259 e. The molecule has 4 heterocycles. The Balaban J connectivity index is 1.77. The Morgan fingerprint density at radius 2 is 2.04 bits per heavy atom. The van der Waals surface area contributed by atoms with E-state index >= 15 is 0 Å². The molecule has 1 amide bonds. The summed E-state index contributed by atoms with van der Waals surface area (Å²) in [6.07, 6.45) is 5.17. The summed E-state index contributed by atoms with van der Waals surface area (Å²) in [6, 6.07) is 9.41. The third-order valence-electron chi connectivity index (χ3n) is 4.11. The number of amides is 1. The fraction of sp³-hybridized carbons (Fsp3) is 0.167. The highest BCUT2D eigenvalue weighted by atomic mass is 16.1. The minimum atomic E-state index is -0.188. The van der Waals surface area contributed by atoms with Gasteiger partial charge in [0.15, 0.2) is 0 Å². The minimum absolute atomic E-state index is 0.188. The van der Waals surface area contributed by atoms with E-state index in [9.17, 15) is 4.79 Å². The van der Waals surface area contributed by atoms with Crippen LogP contribution in [-0.4, -0.2) is 32.8 Å². The molecule has 0 atom stereocenters. The van der Waals surface area contributed by atoms with E-state index in [1.807, 2.05) is 18.2 Å². The highest BCUT2D eigenvalue weighted by Gasteiger charge is 2.25. The second kappa shape index (κ2) is 5.90. The molecule has 0 radical (unpaired) electrons. The molecule has 0 unspecified atom stereocenters. The summed E-state index contributed by atoms with van der Waals surface area (Å²) in [4.78, 5) is 26.9. The lowest BCUT2D eigenvalue weighted by Crippen LogP contribution is -2.15. The summed E-state index contributed by atoms with van der Waals surface area (Å²) >= 11 is 0. The van der Waals surface area contributed by atoms with Crippen LogP contribution < -0.4 is 5.32 Å². The Morgan fingerprint density at radius 3 is 2.88 bits per heavy atom. The van der Waals surface area contributed by atoms with E-state index in [-0.39, 0.29) is 5.91 Å². The van der Waals surface area contributed by atoms with Crippen molar-refractivity contribution < 1.29 is 4.79 Å². The molecule has 0 aliphatic carbocycles. The molecule has 0 saturated carbocycles. The number of fused-ring (bicyclic) bond motifs is 3. The van der Waals surface area contributed by atoms with Crippen molar-refractivity contribution in [1.29, 1.82) is 0 Å². The Kier molecular flexibility index (Phi) is 3.59. The number of nitrogens with one attached hydrogen (secondary N) is 2. The van der Waals surface area contributed by atoms with Crippen LogP contribution in [0.1, 0.15) is 21.6 Å². The van der Waals surface area contributed by atoms with E-state index in [0.717, 1.165) is 35.6 Å². The minimum Gasteiger partial charge on any atom is -0.363 e. The average molecular weight is 319 g/mol. The van der Waals surface area contributed by atoms with Gasteiger partial charge in [-0.25, -0.2) is 4.98 Å². The number of pyridine rings is 2. The Hall–Kier alpha value is -2.99. The summed E-state index contributed by atoms with van der Waals surface area (Å²) in [5.74, 6) is 0.344. The van der Waals surface area contributed by atoms with Crippen molar-refractivity contribution in [2.75, 3.05) is 12.4 Å².